The molecule has 0 fully saturated rings. The number of nitrogens with one attached hydrogen (secondary N) is 2. The van der Waals surface area contributed by atoms with E-state index in [2.05, 4.69) is 25.6 Å². The third-order valence-electron chi connectivity index (χ3n) is 4.65. The zero-order valence-electron chi connectivity index (χ0n) is 17.0. The molecule has 0 bridgehead atoms. The molecule has 0 aliphatic heterocycles. The smallest absolute Gasteiger partial charge is 0.251 e. The molecule has 1 amide bonds. The van der Waals surface area contributed by atoms with Gasteiger partial charge in [0.2, 0.25) is 11.8 Å². The van der Waals surface area contributed by atoms with Gasteiger partial charge in [-0.15, -0.1) is 0 Å². The zero-order valence-corrected chi connectivity index (χ0v) is 17.0. The van der Waals surface area contributed by atoms with Crippen LogP contribution in [0, 0.1) is 6.92 Å². The quantitative estimate of drug-likeness (QED) is 0.628. The number of oxazole rings is 1. The van der Waals surface area contributed by atoms with Crippen LogP contribution in [-0.4, -0.2) is 33.7 Å². The van der Waals surface area contributed by atoms with Crippen LogP contribution in [-0.2, 0) is 4.79 Å². The molecule has 4 rings (SSSR count). The molecule has 0 atom stereocenters. The number of amides is 1. The fourth-order valence-electron chi connectivity index (χ4n) is 3.09. The van der Waals surface area contributed by atoms with Crippen LogP contribution >= 0.6 is 0 Å². The summed E-state index contributed by atoms with van der Waals surface area (Å²) in [4.78, 5) is 38.9. The number of anilines is 4. The molecule has 0 spiro atoms. The van der Waals surface area contributed by atoms with Crippen LogP contribution in [0.5, 0.6) is 0 Å². The predicted molar refractivity (Wildman–Crippen MR) is 115 cm³/mol. The Morgan fingerprint density at radius 3 is 2.68 bits per heavy atom. The van der Waals surface area contributed by atoms with Gasteiger partial charge in [-0.2, -0.15) is 4.98 Å². The average Bonchev–Trinajstić information content (AvgIpc) is 3.32. The highest BCUT2D eigenvalue weighted by molar-refractivity contribution is 6.02. The molecule has 1 aliphatic rings. The van der Waals surface area contributed by atoms with Crippen LogP contribution in [0.15, 0.2) is 71.4 Å². The van der Waals surface area contributed by atoms with Crippen molar-refractivity contribution in [3.63, 3.8) is 0 Å². The van der Waals surface area contributed by atoms with Crippen molar-refractivity contribution in [3.8, 4) is 0 Å². The van der Waals surface area contributed by atoms with Crippen LogP contribution in [0.1, 0.15) is 22.3 Å². The van der Waals surface area contributed by atoms with Crippen molar-refractivity contribution in [3.05, 3.63) is 78.1 Å². The van der Waals surface area contributed by atoms with Crippen LogP contribution in [0.3, 0.4) is 0 Å². The Morgan fingerprint density at radius 2 is 2.00 bits per heavy atom. The number of rotatable bonds is 6. The molecule has 0 saturated carbocycles. The molecule has 9 nitrogen and oxygen atoms in total. The predicted octanol–water partition coefficient (Wildman–Crippen LogP) is 3.43. The van der Waals surface area contributed by atoms with Crippen molar-refractivity contribution in [2.24, 2.45) is 0 Å². The summed E-state index contributed by atoms with van der Waals surface area (Å²) < 4.78 is 5.49. The molecule has 2 heterocycles. The standard InChI is InChI=1S/C22H20N6O3/c1-14-11-25-22(26-16-9-7-15(8-10-16)21(30)23-2)27-20(14)28(19-12-24-13-31-19)17-5-3-4-6-18(17)29/h3-5,7-13H,6H2,1-2H3,(H,23,30)(H,25,26,27). The van der Waals surface area contributed by atoms with E-state index in [9.17, 15) is 9.59 Å². The van der Waals surface area contributed by atoms with Crippen LogP contribution in [0.25, 0.3) is 0 Å². The van der Waals surface area contributed by atoms with Crippen molar-refractivity contribution in [1.29, 1.82) is 0 Å². The second-order valence-corrected chi connectivity index (χ2v) is 6.76. The highest BCUT2D eigenvalue weighted by atomic mass is 16.4. The van der Waals surface area contributed by atoms with Gasteiger partial charge in [-0.25, -0.2) is 9.97 Å². The Labute approximate surface area is 178 Å². The van der Waals surface area contributed by atoms with Gasteiger partial charge in [0, 0.05) is 36.5 Å². The molecule has 31 heavy (non-hydrogen) atoms. The number of Topliss-reactive ketones (excluding diaryl/α,β-unsaturated/α-hetero) is 1. The molecule has 0 saturated heterocycles. The zero-order chi connectivity index (χ0) is 21.8. The summed E-state index contributed by atoms with van der Waals surface area (Å²) >= 11 is 0. The van der Waals surface area contributed by atoms with Crippen LogP contribution < -0.4 is 15.5 Å². The molecule has 2 aromatic heterocycles. The fraction of sp³-hybridized carbons (Fsp3) is 0.136. The number of aromatic nitrogens is 3. The van der Waals surface area contributed by atoms with Crippen molar-refractivity contribution in [1.82, 2.24) is 20.3 Å². The van der Waals surface area contributed by atoms with Gasteiger partial charge >= 0.3 is 0 Å². The Kier molecular flexibility index (Phi) is 5.57. The summed E-state index contributed by atoms with van der Waals surface area (Å²) in [7, 11) is 1.58. The van der Waals surface area contributed by atoms with E-state index in [-0.39, 0.29) is 11.7 Å². The number of carbonyl (C=O) groups is 2. The third-order valence-corrected chi connectivity index (χ3v) is 4.65. The summed E-state index contributed by atoms with van der Waals surface area (Å²) in [6, 6.07) is 6.93. The molecule has 1 aliphatic carbocycles. The first-order chi connectivity index (χ1) is 15.1. The maximum Gasteiger partial charge on any atom is 0.251 e. The first-order valence-corrected chi connectivity index (χ1v) is 9.58. The van der Waals surface area contributed by atoms with Crippen molar-refractivity contribution in [2.45, 2.75) is 13.3 Å². The number of benzene rings is 1. The summed E-state index contributed by atoms with van der Waals surface area (Å²) in [5, 5.41) is 5.71. The highest BCUT2D eigenvalue weighted by Gasteiger charge is 2.26. The van der Waals surface area contributed by atoms with E-state index in [4.69, 9.17) is 4.42 Å². The Balaban J connectivity index is 1.69. The van der Waals surface area contributed by atoms with E-state index in [0.717, 1.165) is 5.56 Å². The van der Waals surface area contributed by atoms with Gasteiger partial charge in [-0.1, -0.05) is 12.2 Å². The Bertz CT molecular complexity index is 1170. The molecule has 0 radical (unpaired) electrons. The van der Waals surface area contributed by atoms with E-state index in [1.165, 1.54) is 12.6 Å². The lowest BCUT2D eigenvalue weighted by Gasteiger charge is -2.25. The number of ketones is 1. The second-order valence-electron chi connectivity index (χ2n) is 6.76. The number of nitrogens with zero attached hydrogens (tertiary/aromatic N) is 4. The summed E-state index contributed by atoms with van der Waals surface area (Å²) in [6.07, 6.45) is 10.1. The van der Waals surface area contributed by atoms with Gasteiger partial charge in [0.25, 0.3) is 5.91 Å². The fourth-order valence-corrected chi connectivity index (χ4v) is 3.09. The summed E-state index contributed by atoms with van der Waals surface area (Å²) in [5.74, 6) is 0.972. The molecule has 0 unspecified atom stereocenters. The SMILES string of the molecule is CNC(=O)c1ccc(Nc2ncc(C)c(N(C3=CC=CCC3=O)c3cnco3)n2)cc1. The topological polar surface area (TPSA) is 113 Å². The van der Waals surface area contributed by atoms with Gasteiger partial charge in [0.05, 0.1) is 11.9 Å². The van der Waals surface area contributed by atoms with E-state index < -0.39 is 0 Å². The second kappa shape index (κ2) is 8.62. The lowest BCUT2D eigenvalue weighted by Crippen LogP contribution is -2.25. The largest absolute Gasteiger partial charge is 0.427 e. The molecule has 2 N–H and O–H groups in total. The first-order valence-electron chi connectivity index (χ1n) is 9.58. The minimum atomic E-state index is -0.164. The molecular formula is C22H20N6O3. The van der Waals surface area contributed by atoms with Gasteiger partial charge in [-0.3, -0.25) is 14.5 Å². The van der Waals surface area contributed by atoms with E-state index in [1.54, 1.807) is 54.6 Å². The number of aryl methyl sites for hydroxylation is 1. The maximum absolute atomic E-state index is 12.6. The molecule has 9 heteroatoms. The molecule has 1 aromatic carbocycles. The van der Waals surface area contributed by atoms with Crippen molar-refractivity contribution >= 4 is 35.0 Å². The van der Waals surface area contributed by atoms with Gasteiger partial charge < -0.3 is 15.1 Å². The number of carbonyl (C=O) groups excluding carboxylic acids is 2. The Hall–Kier alpha value is -4.27. The molecular weight excluding hydrogens is 396 g/mol. The number of hydrogen-bond acceptors (Lipinski definition) is 8. The van der Waals surface area contributed by atoms with Crippen molar-refractivity contribution in [2.75, 3.05) is 17.3 Å². The summed E-state index contributed by atoms with van der Waals surface area (Å²) in [5.41, 5.74) is 2.44. The molecule has 3 aromatic rings. The maximum atomic E-state index is 12.6. The van der Waals surface area contributed by atoms with Crippen molar-refractivity contribution < 1.29 is 14.0 Å². The highest BCUT2D eigenvalue weighted by Crippen LogP contribution is 2.33. The summed E-state index contributed by atoms with van der Waals surface area (Å²) in [6.45, 7) is 1.85. The van der Waals surface area contributed by atoms with Crippen LogP contribution in [0.2, 0.25) is 0 Å². The lowest BCUT2D eigenvalue weighted by atomic mass is 10.1. The van der Waals surface area contributed by atoms with E-state index >= 15 is 0 Å². The first kappa shape index (κ1) is 20.0. The van der Waals surface area contributed by atoms with Gasteiger partial charge in [0.1, 0.15) is 5.82 Å². The number of hydrogen-bond donors (Lipinski definition) is 2. The minimum Gasteiger partial charge on any atom is -0.427 e. The minimum absolute atomic E-state index is 0.0591. The van der Waals surface area contributed by atoms with E-state index in [1.807, 2.05) is 13.0 Å². The van der Waals surface area contributed by atoms with Crippen LogP contribution in [0.4, 0.5) is 23.3 Å². The number of allylic oxidation sites excluding steroid dienone is 4. The van der Waals surface area contributed by atoms with Gasteiger partial charge in [-0.05, 0) is 37.3 Å². The van der Waals surface area contributed by atoms with E-state index in [0.29, 0.717) is 41.0 Å². The third kappa shape index (κ3) is 4.20. The normalized spacial score (nSPS) is 13.0. The van der Waals surface area contributed by atoms with Gasteiger partial charge in [0.15, 0.2) is 12.2 Å². The Morgan fingerprint density at radius 1 is 1.19 bits per heavy atom. The average molecular weight is 416 g/mol. The lowest BCUT2D eigenvalue weighted by molar-refractivity contribution is -0.114. The monoisotopic (exact) mass is 416 g/mol. The molecule has 156 valence electrons.